The Morgan fingerprint density at radius 1 is 0.725 bits per heavy atom. The zero-order valence-electron chi connectivity index (χ0n) is 30.3. The molecule has 0 unspecified atom stereocenters. The Bertz CT molecular complexity index is 2250. The van der Waals surface area contributed by atoms with Gasteiger partial charge in [0.2, 0.25) is 0 Å². The number of nitrogens with zero attached hydrogens (tertiary/aromatic N) is 2. The van der Waals surface area contributed by atoms with Crippen LogP contribution in [-0.2, 0) is 26.5 Å². The van der Waals surface area contributed by atoms with Crippen molar-refractivity contribution < 1.29 is 24.5 Å². The number of furan rings is 1. The van der Waals surface area contributed by atoms with E-state index in [4.69, 9.17) is 9.40 Å². The number of aromatic nitrogens is 2. The Morgan fingerprint density at radius 3 is 2.24 bits per heavy atom. The molecule has 261 valence electrons. The van der Waals surface area contributed by atoms with Crippen LogP contribution in [0.4, 0.5) is 0 Å². The molecule has 3 heterocycles. The predicted molar refractivity (Wildman–Crippen MR) is 212 cm³/mol. The van der Waals surface area contributed by atoms with E-state index in [0.717, 1.165) is 55.9 Å². The van der Waals surface area contributed by atoms with E-state index in [2.05, 4.69) is 130 Å². The van der Waals surface area contributed by atoms with Crippen molar-refractivity contribution >= 4 is 35.2 Å². The van der Waals surface area contributed by atoms with Crippen LogP contribution in [0.25, 0.3) is 55.6 Å². The van der Waals surface area contributed by atoms with Gasteiger partial charge in [-0.3, -0.25) is 0 Å². The number of benzene rings is 4. The summed E-state index contributed by atoms with van der Waals surface area (Å²) in [6.45, 7) is 11.5. The summed E-state index contributed by atoms with van der Waals surface area (Å²) in [5, 5.41) is 3.75. The van der Waals surface area contributed by atoms with Crippen molar-refractivity contribution in [3.63, 3.8) is 0 Å². The molecule has 5 heteroatoms. The van der Waals surface area contributed by atoms with E-state index in [-0.39, 0.29) is 20.1 Å². The first-order valence-electron chi connectivity index (χ1n) is 18.1. The quantitative estimate of drug-likeness (QED) is 0.123. The summed E-state index contributed by atoms with van der Waals surface area (Å²) >= 11 is 0. The maximum Gasteiger partial charge on any atom is 0.121 e. The number of pyridine rings is 2. The normalized spacial score (nSPS) is 13.4. The third-order valence-electron chi connectivity index (χ3n) is 9.98. The number of aryl methyl sites for hydroxylation is 2. The topological polar surface area (TPSA) is 38.9 Å². The number of hydrogen-bond donors (Lipinski definition) is 0. The van der Waals surface area contributed by atoms with Gasteiger partial charge in [-0.05, 0) is 59.1 Å². The largest absolute Gasteiger partial charge is 0.501 e. The Hall–Kier alpha value is -4.15. The average molecular weight is 863 g/mol. The Morgan fingerprint density at radius 2 is 1.49 bits per heavy atom. The molecule has 8 rings (SSSR count). The summed E-state index contributed by atoms with van der Waals surface area (Å²) in [5.41, 5.74) is 12.1. The molecule has 1 saturated carbocycles. The van der Waals surface area contributed by atoms with Crippen LogP contribution in [-0.4, -0.2) is 18.0 Å². The molecule has 0 atom stereocenters. The van der Waals surface area contributed by atoms with Crippen LogP contribution in [0.1, 0.15) is 48.8 Å². The second kappa shape index (κ2) is 16.0. The van der Waals surface area contributed by atoms with Gasteiger partial charge in [-0.2, -0.15) is 0 Å². The molecule has 1 aliphatic carbocycles. The molecule has 0 amide bonds. The summed E-state index contributed by atoms with van der Waals surface area (Å²) < 4.78 is 6.27. The zero-order chi connectivity index (χ0) is 34.7. The van der Waals surface area contributed by atoms with Gasteiger partial charge in [0.05, 0.1) is 13.7 Å². The van der Waals surface area contributed by atoms with Crippen LogP contribution < -0.4 is 5.19 Å². The summed E-state index contributed by atoms with van der Waals surface area (Å²) in [6, 6.07) is 40.2. The van der Waals surface area contributed by atoms with E-state index in [1.54, 1.807) is 10.8 Å². The third kappa shape index (κ3) is 8.50. The van der Waals surface area contributed by atoms with E-state index in [9.17, 15) is 0 Å². The molecule has 0 saturated heterocycles. The molecule has 1 fully saturated rings. The third-order valence-corrected chi connectivity index (χ3v) is 12.0. The van der Waals surface area contributed by atoms with Crippen molar-refractivity contribution in [2.45, 2.75) is 72.0 Å². The molecule has 1 aliphatic rings. The van der Waals surface area contributed by atoms with Crippen LogP contribution in [0.5, 0.6) is 0 Å². The maximum atomic E-state index is 6.27. The molecule has 0 aliphatic heterocycles. The van der Waals surface area contributed by atoms with Crippen molar-refractivity contribution in [1.82, 2.24) is 9.97 Å². The molecule has 0 bridgehead atoms. The first-order chi connectivity index (χ1) is 24.2. The van der Waals surface area contributed by atoms with Gasteiger partial charge in [0.25, 0.3) is 0 Å². The Labute approximate surface area is 317 Å². The van der Waals surface area contributed by atoms with Crippen LogP contribution in [0.15, 0.2) is 114 Å². The van der Waals surface area contributed by atoms with E-state index >= 15 is 0 Å². The fourth-order valence-corrected chi connectivity index (χ4v) is 8.92. The Balaban J connectivity index is 0.000000173. The van der Waals surface area contributed by atoms with Crippen molar-refractivity contribution in [3.8, 4) is 33.6 Å². The zero-order valence-corrected chi connectivity index (χ0v) is 33.7. The van der Waals surface area contributed by atoms with Crippen molar-refractivity contribution in [3.05, 3.63) is 138 Å². The summed E-state index contributed by atoms with van der Waals surface area (Å²) in [7, 11) is -1.37. The molecule has 1 radical (unpaired) electrons. The Kier molecular flexibility index (Phi) is 11.5. The van der Waals surface area contributed by atoms with E-state index in [1.165, 1.54) is 55.2 Å². The van der Waals surface area contributed by atoms with Gasteiger partial charge in [0.1, 0.15) is 5.58 Å². The van der Waals surface area contributed by atoms with Gasteiger partial charge in [0, 0.05) is 37.9 Å². The first-order valence-corrected chi connectivity index (χ1v) is 21.6. The second-order valence-electron chi connectivity index (χ2n) is 15.0. The molecule has 4 aromatic carbocycles. The number of hydrogen-bond acceptors (Lipinski definition) is 3. The summed E-state index contributed by atoms with van der Waals surface area (Å²) in [5.74, 6) is 0.866. The van der Waals surface area contributed by atoms with E-state index < -0.39 is 8.07 Å². The van der Waals surface area contributed by atoms with Crippen LogP contribution in [0.3, 0.4) is 0 Å². The standard InChI is InChI=1S/C24H16NO.C22H30NSi.Ir/c1-16-12-13-25-22(14-16)21-9-5-8-20-19-11-10-18(15-23(19)26-24(20)21)17-6-3-2-4-7-17;1-17-9-8-12-19(13-17)21-15-20(14-18-10-6-5-7-11-18)22(16-23-21)24(2,3)4;/h2-8,10-15H,1H3;8-9,13,15-16,18H,5-7,10-11,14H2,1-4H3;/q2*-1;. The van der Waals surface area contributed by atoms with Crippen LogP contribution in [0.2, 0.25) is 19.6 Å². The van der Waals surface area contributed by atoms with Gasteiger partial charge in [-0.1, -0.05) is 135 Å². The summed E-state index contributed by atoms with van der Waals surface area (Å²) in [4.78, 5) is 9.32. The number of rotatable bonds is 6. The molecule has 7 aromatic rings. The van der Waals surface area contributed by atoms with Gasteiger partial charge < -0.3 is 14.4 Å². The minimum absolute atomic E-state index is 0. The monoisotopic (exact) mass is 863 g/mol. The minimum Gasteiger partial charge on any atom is -0.501 e. The van der Waals surface area contributed by atoms with Crippen molar-refractivity contribution in [2.75, 3.05) is 0 Å². The molecule has 3 aromatic heterocycles. The smallest absolute Gasteiger partial charge is 0.121 e. The van der Waals surface area contributed by atoms with E-state index in [1.807, 2.05) is 30.5 Å². The fourth-order valence-electron chi connectivity index (χ4n) is 7.33. The molecule has 3 nitrogen and oxygen atoms in total. The SMILES string of the molecule is Cc1cc[c-]c(-c2cc(CC3CCCCC3)c([Si](C)(C)C)cn2)c1.Cc1ccnc(-c2[c-]ccc3c2oc2cc(-c4ccccc4)ccc23)c1.[Ir]. The maximum absolute atomic E-state index is 6.27. The molecular formula is C46H46IrN2OSi-2. The molecule has 0 N–H and O–H groups in total. The first kappa shape index (κ1) is 36.6. The second-order valence-corrected chi connectivity index (χ2v) is 20.0. The molecule has 51 heavy (non-hydrogen) atoms. The van der Waals surface area contributed by atoms with Crippen molar-refractivity contribution in [2.24, 2.45) is 5.92 Å². The van der Waals surface area contributed by atoms with Gasteiger partial charge in [-0.25, -0.2) is 0 Å². The predicted octanol–water partition coefficient (Wildman–Crippen LogP) is 11.9. The van der Waals surface area contributed by atoms with Crippen molar-refractivity contribution in [1.29, 1.82) is 0 Å². The molecular weight excluding hydrogens is 817 g/mol. The molecule has 0 spiro atoms. The van der Waals surface area contributed by atoms with Crippen LogP contribution >= 0.6 is 0 Å². The van der Waals surface area contributed by atoms with E-state index in [0.29, 0.717) is 0 Å². The van der Waals surface area contributed by atoms with Gasteiger partial charge >= 0.3 is 0 Å². The number of fused-ring (bicyclic) bond motifs is 3. The average Bonchev–Trinajstić information content (AvgIpc) is 3.50. The minimum atomic E-state index is -1.37. The fraction of sp³-hybridized carbons (Fsp3) is 0.261. The van der Waals surface area contributed by atoms with Gasteiger partial charge in [0.15, 0.2) is 0 Å². The van der Waals surface area contributed by atoms with Gasteiger partial charge in [-0.15, -0.1) is 53.6 Å². The van der Waals surface area contributed by atoms with Crippen LogP contribution in [0, 0.1) is 31.9 Å². The summed E-state index contributed by atoms with van der Waals surface area (Å²) in [6.07, 6.45) is 12.3.